The molecule has 0 fully saturated rings. The van der Waals surface area contributed by atoms with E-state index in [4.69, 9.17) is 8.83 Å². The molecule has 2 aromatic rings. The molecule has 0 aromatic carbocycles. The highest BCUT2D eigenvalue weighted by Crippen LogP contribution is 2.18. The van der Waals surface area contributed by atoms with E-state index < -0.39 is 10.0 Å². The fourth-order valence-electron chi connectivity index (χ4n) is 1.66. The summed E-state index contributed by atoms with van der Waals surface area (Å²) in [5.41, 5.74) is 0. The number of sulfonamides is 1. The van der Waals surface area contributed by atoms with Gasteiger partial charge in [0.1, 0.15) is 11.5 Å². The third-order valence-electron chi connectivity index (χ3n) is 2.92. The van der Waals surface area contributed by atoms with Crippen molar-refractivity contribution in [1.29, 1.82) is 0 Å². The van der Waals surface area contributed by atoms with Crippen molar-refractivity contribution in [1.82, 2.24) is 9.62 Å². The van der Waals surface area contributed by atoms with Crippen molar-refractivity contribution in [2.75, 3.05) is 14.1 Å². The van der Waals surface area contributed by atoms with Gasteiger partial charge in [0.15, 0.2) is 0 Å². The van der Waals surface area contributed by atoms with Crippen molar-refractivity contribution in [2.24, 2.45) is 0 Å². The van der Waals surface area contributed by atoms with Crippen LogP contribution in [0.25, 0.3) is 0 Å². The van der Waals surface area contributed by atoms with Crippen LogP contribution in [-0.2, 0) is 16.6 Å². The van der Waals surface area contributed by atoms with Gasteiger partial charge in [0.2, 0.25) is 5.09 Å². The quantitative estimate of drug-likeness (QED) is 0.882. The largest absolute Gasteiger partial charge is 0.468 e. The third-order valence-corrected chi connectivity index (χ3v) is 4.61. The lowest BCUT2D eigenvalue weighted by atomic mass is 10.2. The molecule has 110 valence electrons. The van der Waals surface area contributed by atoms with Crippen LogP contribution in [-0.4, -0.2) is 26.8 Å². The summed E-state index contributed by atoms with van der Waals surface area (Å²) < 4.78 is 35.5. The smallest absolute Gasteiger partial charge is 0.275 e. The maximum atomic E-state index is 11.9. The van der Waals surface area contributed by atoms with Crippen LogP contribution in [0.3, 0.4) is 0 Å². The van der Waals surface area contributed by atoms with Crippen LogP contribution >= 0.6 is 0 Å². The predicted molar refractivity (Wildman–Crippen MR) is 73.5 cm³/mol. The first-order valence-electron chi connectivity index (χ1n) is 6.19. The van der Waals surface area contributed by atoms with Crippen molar-refractivity contribution in [3.05, 3.63) is 42.0 Å². The second kappa shape index (κ2) is 5.82. The van der Waals surface area contributed by atoms with Crippen molar-refractivity contribution in [3.8, 4) is 0 Å². The van der Waals surface area contributed by atoms with Crippen LogP contribution in [0.1, 0.15) is 24.5 Å². The second-order valence-electron chi connectivity index (χ2n) is 4.63. The number of nitrogens with zero attached hydrogens (tertiary/aromatic N) is 1. The van der Waals surface area contributed by atoms with Gasteiger partial charge in [0.05, 0.1) is 18.8 Å². The Balaban J connectivity index is 2.00. The standard InChI is InChI=1S/C13H18N2O4S/c1-10(12-5-4-8-18-12)14-9-11-6-7-13(19-11)20(16,17)15(2)3/h4-8,10,14H,9H2,1-3H3. The maximum Gasteiger partial charge on any atom is 0.275 e. The fraction of sp³-hybridized carbons (Fsp3) is 0.385. The SMILES string of the molecule is CC(NCc1ccc(S(=O)(=O)N(C)C)o1)c1ccco1. The zero-order valence-electron chi connectivity index (χ0n) is 11.7. The zero-order chi connectivity index (χ0) is 14.8. The first-order chi connectivity index (χ1) is 9.41. The van der Waals surface area contributed by atoms with Crippen molar-refractivity contribution in [2.45, 2.75) is 24.6 Å². The molecule has 20 heavy (non-hydrogen) atoms. The summed E-state index contributed by atoms with van der Waals surface area (Å²) >= 11 is 0. The van der Waals surface area contributed by atoms with E-state index in [0.29, 0.717) is 12.3 Å². The van der Waals surface area contributed by atoms with Crippen LogP contribution in [0.2, 0.25) is 0 Å². The maximum absolute atomic E-state index is 11.9. The molecule has 0 saturated carbocycles. The normalized spacial score (nSPS) is 13.8. The van der Waals surface area contributed by atoms with Gasteiger partial charge in [-0.3, -0.25) is 0 Å². The Bertz CT molecular complexity index is 644. The Kier molecular flexibility index (Phi) is 4.32. The van der Waals surface area contributed by atoms with Crippen LogP contribution < -0.4 is 5.32 Å². The van der Waals surface area contributed by atoms with E-state index in [1.165, 1.54) is 20.2 Å². The number of hydrogen-bond donors (Lipinski definition) is 1. The van der Waals surface area contributed by atoms with E-state index >= 15 is 0 Å². The highest BCUT2D eigenvalue weighted by Gasteiger charge is 2.21. The highest BCUT2D eigenvalue weighted by molar-refractivity contribution is 7.88. The minimum absolute atomic E-state index is 0.0176. The molecule has 0 radical (unpaired) electrons. The van der Waals surface area contributed by atoms with Crippen LogP contribution in [0.4, 0.5) is 0 Å². The predicted octanol–water partition coefficient (Wildman–Crippen LogP) is 1.97. The minimum atomic E-state index is -3.52. The molecule has 7 heteroatoms. The number of rotatable bonds is 6. The molecule has 0 spiro atoms. The molecule has 1 atom stereocenters. The summed E-state index contributed by atoms with van der Waals surface area (Å²) in [4.78, 5) is 0. The van der Waals surface area contributed by atoms with Gasteiger partial charge >= 0.3 is 0 Å². The molecule has 0 saturated heterocycles. The Labute approximate surface area is 118 Å². The molecule has 0 aliphatic heterocycles. The van der Waals surface area contributed by atoms with Gasteiger partial charge in [-0.05, 0) is 31.2 Å². The van der Waals surface area contributed by atoms with Gasteiger partial charge in [-0.25, -0.2) is 12.7 Å². The van der Waals surface area contributed by atoms with E-state index in [0.717, 1.165) is 10.1 Å². The van der Waals surface area contributed by atoms with E-state index in [-0.39, 0.29) is 11.1 Å². The molecule has 2 heterocycles. The molecule has 0 aliphatic carbocycles. The van der Waals surface area contributed by atoms with E-state index in [9.17, 15) is 8.42 Å². The van der Waals surface area contributed by atoms with E-state index in [1.807, 2.05) is 19.1 Å². The van der Waals surface area contributed by atoms with Gasteiger partial charge in [-0.15, -0.1) is 0 Å². The van der Waals surface area contributed by atoms with Crippen LogP contribution in [0, 0.1) is 0 Å². The first-order valence-corrected chi connectivity index (χ1v) is 7.63. The second-order valence-corrected chi connectivity index (χ2v) is 6.71. The molecular formula is C13H18N2O4S. The lowest BCUT2D eigenvalue weighted by Gasteiger charge is -2.10. The van der Waals surface area contributed by atoms with Crippen LogP contribution in [0.15, 0.2) is 44.5 Å². The summed E-state index contributed by atoms with van der Waals surface area (Å²) in [6, 6.07) is 6.83. The summed E-state index contributed by atoms with van der Waals surface area (Å²) in [5.74, 6) is 1.38. The molecule has 0 amide bonds. The van der Waals surface area contributed by atoms with Gasteiger partial charge in [0, 0.05) is 14.1 Å². The Hall–Kier alpha value is -1.57. The number of furan rings is 2. The summed E-state index contributed by atoms with van der Waals surface area (Å²) in [6.07, 6.45) is 1.61. The summed E-state index contributed by atoms with van der Waals surface area (Å²) in [6.45, 7) is 2.38. The highest BCUT2D eigenvalue weighted by atomic mass is 32.2. The average Bonchev–Trinajstić information content (AvgIpc) is 3.07. The molecule has 6 nitrogen and oxygen atoms in total. The van der Waals surface area contributed by atoms with Gasteiger partial charge in [-0.2, -0.15) is 0 Å². The van der Waals surface area contributed by atoms with Crippen molar-refractivity contribution >= 4 is 10.0 Å². The van der Waals surface area contributed by atoms with Gasteiger partial charge < -0.3 is 14.2 Å². The molecule has 0 bridgehead atoms. The topological polar surface area (TPSA) is 75.7 Å². The zero-order valence-corrected chi connectivity index (χ0v) is 12.5. The third kappa shape index (κ3) is 3.12. The van der Waals surface area contributed by atoms with Crippen molar-refractivity contribution < 1.29 is 17.3 Å². The molecule has 1 N–H and O–H groups in total. The lowest BCUT2D eigenvalue weighted by molar-refractivity contribution is 0.369. The first kappa shape index (κ1) is 14.8. The lowest BCUT2D eigenvalue weighted by Crippen LogP contribution is -2.21. The summed E-state index contributed by atoms with van der Waals surface area (Å²) in [5, 5.41) is 3.15. The molecule has 2 rings (SSSR count). The van der Waals surface area contributed by atoms with Gasteiger partial charge in [0.25, 0.3) is 10.0 Å². The van der Waals surface area contributed by atoms with E-state index in [2.05, 4.69) is 5.32 Å². The van der Waals surface area contributed by atoms with Crippen molar-refractivity contribution in [3.63, 3.8) is 0 Å². The fourth-order valence-corrected chi connectivity index (χ4v) is 2.48. The monoisotopic (exact) mass is 298 g/mol. The van der Waals surface area contributed by atoms with Gasteiger partial charge in [-0.1, -0.05) is 0 Å². The minimum Gasteiger partial charge on any atom is -0.468 e. The Morgan fingerprint density at radius 1 is 1.30 bits per heavy atom. The average molecular weight is 298 g/mol. The number of hydrogen-bond acceptors (Lipinski definition) is 5. The number of nitrogens with one attached hydrogen (secondary N) is 1. The van der Waals surface area contributed by atoms with Crippen LogP contribution in [0.5, 0.6) is 0 Å². The molecular weight excluding hydrogens is 280 g/mol. The summed E-state index contributed by atoms with van der Waals surface area (Å²) in [7, 11) is -0.583. The Morgan fingerprint density at radius 3 is 2.65 bits per heavy atom. The Morgan fingerprint density at radius 2 is 2.05 bits per heavy atom. The molecule has 2 aromatic heterocycles. The molecule has 1 unspecified atom stereocenters. The van der Waals surface area contributed by atoms with E-state index in [1.54, 1.807) is 12.3 Å². The molecule has 0 aliphatic rings.